The molecule has 0 unspecified atom stereocenters. The van der Waals surface area contributed by atoms with Crippen LogP contribution in [0.4, 0.5) is 0 Å². The molecular weight excluding hydrogens is 162 g/mol. The van der Waals surface area contributed by atoms with Gasteiger partial charge in [-0.3, -0.25) is 9.79 Å². The first kappa shape index (κ1) is 9.90. The van der Waals surface area contributed by atoms with E-state index < -0.39 is 0 Å². The lowest BCUT2D eigenvalue weighted by molar-refractivity contribution is -0.111. The van der Waals surface area contributed by atoms with Gasteiger partial charge in [-0.1, -0.05) is 19.1 Å². The first-order valence-corrected chi connectivity index (χ1v) is 4.62. The molecule has 13 heavy (non-hydrogen) atoms. The zero-order chi connectivity index (χ0) is 9.68. The molecule has 0 aliphatic heterocycles. The Labute approximate surface area is 79.1 Å². The Kier molecular flexibility index (Phi) is 3.62. The monoisotopic (exact) mass is 177 g/mol. The number of hydrogen-bond acceptors (Lipinski definition) is 2. The molecule has 0 amide bonds. The lowest BCUT2D eigenvalue weighted by atomic mass is 9.86. The third-order valence-electron chi connectivity index (χ3n) is 2.28. The van der Waals surface area contributed by atoms with Gasteiger partial charge in [0.2, 0.25) is 0 Å². The second-order valence-electron chi connectivity index (χ2n) is 3.31. The summed E-state index contributed by atoms with van der Waals surface area (Å²) >= 11 is 0. The Morgan fingerprint density at radius 3 is 2.62 bits per heavy atom. The Morgan fingerprint density at radius 2 is 2.23 bits per heavy atom. The molecule has 0 aromatic rings. The number of rotatable bonds is 4. The SMILES string of the molecule is C=CC(=N/C=C/C1CCC1)C(C)=O. The predicted molar refractivity (Wildman–Crippen MR) is 54.8 cm³/mol. The molecule has 0 atom stereocenters. The Hall–Kier alpha value is -1.18. The summed E-state index contributed by atoms with van der Waals surface area (Å²) in [5.74, 6) is 0.648. The maximum atomic E-state index is 10.9. The van der Waals surface area contributed by atoms with E-state index in [1.54, 1.807) is 6.20 Å². The van der Waals surface area contributed by atoms with Gasteiger partial charge in [0.05, 0.1) is 0 Å². The first-order valence-electron chi connectivity index (χ1n) is 4.62. The number of carbonyl (C=O) groups excluding carboxylic acids is 1. The zero-order valence-corrected chi connectivity index (χ0v) is 7.99. The van der Waals surface area contributed by atoms with Crippen molar-refractivity contribution in [1.29, 1.82) is 0 Å². The summed E-state index contributed by atoms with van der Waals surface area (Å²) in [7, 11) is 0. The van der Waals surface area contributed by atoms with Crippen LogP contribution in [0.2, 0.25) is 0 Å². The fourth-order valence-corrected chi connectivity index (χ4v) is 1.16. The van der Waals surface area contributed by atoms with Gasteiger partial charge in [-0.05, 0) is 24.8 Å². The van der Waals surface area contributed by atoms with Gasteiger partial charge in [-0.2, -0.15) is 0 Å². The van der Waals surface area contributed by atoms with Crippen molar-refractivity contribution in [3.8, 4) is 0 Å². The normalized spacial score (nSPS) is 18.7. The number of ketones is 1. The van der Waals surface area contributed by atoms with Crippen LogP contribution in [0.3, 0.4) is 0 Å². The molecule has 70 valence electrons. The van der Waals surface area contributed by atoms with E-state index in [1.807, 2.05) is 0 Å². The van der Waals surface area contributed by atoms with Gasteiger partial charge >= 0.3 is 0 Å². The summed E-state index contributed by atoms with van der Waals surface area (Å²) in [6.45, 7) is 5.03. The summed E-state index contributed by atoms with van der Waals surface area (Å²) < 4.78 is 0. The fraction of sp³-hybridized carbons (Fsp3) is 0.455. The highest BCUT2D eigenvalue weighted by Crippen LogP contribution is 2.27. The molecule has 2 nitrogen and oxygen atoms in total. The molecule has 1 aliphatic rings. The lowest BCUT2D eigenvalue weighted by Crippen LogP contribution is -2.07. The molecular formula is C11H15NO. The highest BCUT2D eigenvalue weighted by atomic mass is 16.1. The first-order chi connectivity index (χ1) is 6.24. The van der Waals surface area contributed by atoms with Crippen LogP contribution >= 0.6 is 0 Å². The van der Waals surface area contributed by atoms with Crippen LogP contribution in [0, 0.1) is 5.92 Å². The molecule has 2 heteroatoms. The van der Waals surface area contributed by atoms with Crippen LogP contribution in [0.1, 0.15) is 26.2 Å². The molecule has 1 fully saturated rings. The van der Waals surface area contributed by atoms with Gasteiger partial charge in [0.15, 0.2) is 5.78 Å². The van der Waals surface area contributed by atoms with Crippen molar-refractivity contribution in [1.82, 2.24) is 0 Å². The van der Waals surface area contributed by atoms with Gasteiger partial charge in [-0.25, -0.2) is 0 Å². The predicted octanol–water partition coefficient (Wildman–Crippen LogP) is 2.52. The summed E-state index contributed by atoms with van der Waals surface area (Å²) in [5, 5.41) is 0. The number of hydrogen-bond donors (Lipinski definition) is 0. The van der Waals surface area contributed by atoms with E-state index in [0.29, 0.717) is 11.6 Å². The molecule has 1 aliphatic carbocycles. The van der Waals surface area contributed by atoms with Gasteiger partial charge in [0.1, 0.15) is 5.71 Å². The van der Waals surface area contributed by atoms with Gasteiger partial charge < -0.3 is 0 Å². The van der Waals surface area contributed by atoms with Crippen LogP contribution in [0.25, 0.3) is 0 Å². The van der Waals surface area contributed by atoms with E-state index >= 15 is 0 Å². The molecule has 1 saturated carbocycles. The minimum absolute atomic E-state index is 0.0340. The zero-order valence-electron chi connectivity index (χ0n) is 7.99. The van der Waals surface area contributed by atoms with Crippen molar-refractivity contribution in [2.45, 2.75) is 26.2 Å². The molecule has 0 N–H and O–H groups in total. The molecule has 0 saturated heterocycles. The fourth-order valence-electron chi connectivity index (χ4n) is 1.16. The Bertz CT molecular complexity index is 259. The standard InChI is InChI=1S/C11H15NO/c1-3-11(9(2)13)12-8-7-10-5-4-6-10/h3,7-8,10H,1,4-6H2,2H3/b8-7+,12-11?. The second kappa shape index (κ2) is 4.75. The topological polar surface area (TPSA) is 29.4 Å². The van der Waals surface area contributed by atoms with Crippen molar-refractivity contribution >= 4 is 11.5 Å². The highest BCUT2D eigenvalue weighted by molar-refractivity contribution is 6.43. The molecule has 0 bridgehead atoms. The minimum Gasteiger partial charge on any atom is -0.293 e. The van der Waals surface area contributed by atoms with Gasteiger partial charge in [-0.15, -0.1) is 0 Å². The maximum Gasteiger partial charge on any atom is 0.178 e. The van der Waals surface area contributed by atoms with E-state index in [4.69, 9.17) is 0 Å². The molecule has 0 aromatic carbocycles. The van der Waals surface area contributed by atoms with Gasteiger partial charge in [0.25, 0.3) is 0 Å². The smallest absolute Gasteiger partial charge is 0.178 e. The number of nitrogens with zero attached hydrogens (tertiary/aromatic N) is 1. The number of carbonyl (C=O) groups is 1. The van der Waals surface area contributed by atoms with E-state index in [-0.39, 0.29) is 5.78 Å². The summed E-state index contributed by atoms with van der Waals surface area (Å²) in [6.07, 6.45) is 9.12. The second-order valence-corrected chi connectivity index (χ2v) is 3.31. The van der Waals surface area contributed by atoms with Crippen molar-refractivity contribution < 1.29 is 4.79 Å². The molecule has 0 heterocycles. The van der Waals surface area contributed by atoms with Crippen molar-refractivity contribution in [3.63, 3.8) is 0 Å². The third kappa shape index (κ3) is 2.98. The van der Waals surface area contributed by atoms with Crippen molar-refractivity contribution in [3.05, 3.63) is 24.9 Å². The number of allylic oxidation sites excluding steroid dienone is 2. The van der Waals surface area contributed by atoms with Crippen LogP contribution in [0.5, 0.6) is 0 Å². The summed E-state index contributed by atoms with van der Waals surface area (Å²) in [6, 6.07) is 0. The number of Topliss-reactive ketones (excluding diaryl/α,β-unsaturated/α-hetero) is 1. The maximum absolute atomic E-state index is 10.9. The summed E-state index contributed by atoms with van der Waals surface area (Å²) in [4.78, 5) is 14.9. The Morgan fingerprint density at radius 1 is 1.54 bits per heavy atom. The average Bonchev–Trinajstić information content (AvgIpc) is 2.00. The third-order valence-corrected chi connectivity index (χ3v) is 2.28. The van der Waals surface area contributed by atoms with E-state index in [2.05, 4.69) is 17.6 Å². The molecule has 1 rings (SSSR count). The summed E-state index contributed by atoms with van der Waals surface area (Å²) in [5.41, 5.74) is 0.440. The number of aliphatic imine (C=N–C) groups is 1. The van der Waals surface area contributed by atoms with Crippen molar-refractivity contribution in [2.24, 2.45) is 10.9 Å². The van der Waals surface area contributed by atoms with E-state index in [9.17, 15) is 4.79 Å². The van der Waals surface area contributed by atoms with Crippen molar-refractivity contribution in [2.75, 3.05) is 0 Å². The van der Waals surface area contributed by atoms with E-state index in [1.165, 1.54) is 32.3 Å². The Balaban J connectivity index is 2.47. The largest absolute Gasteiger partial charge is 0.293 e. The van der Waals surface area contributed by atoms with Crippen LogP contribution in [-0.4, -0.2) is 11.5 Å². The molecule has 0 aromatic heterocycles. The van der Waals surface area contributed by atoms with Crippen LogP contribution in [0.15, 0.2) is 29.9 Å². The van der Waals surface area contributed by atoms with Crippen LogP contribution < -0.4 is 0 Å². The minimum atomic E-state index is -0.0340. The lowest BCUT2D eigenvalue weighted by Gasteiger charge is -2.20. The average molecular weight is 177 g/mol. The van der Waals surface area contributed by atoms with E-state index in [0.717, 1.165) is 0 Å². The van der Waals surface area contributed by atoms with Gasteiger partial charge in [0, 0.05) is 13.1 Å². The molecule has 0 spiro atoms. The quantitative estimate of drug-likeness (QED) is 0.607. The van der Waals surface area contributed by atoms with Crippen LogP contribution in [-0.2, 0) is 4.79 Å². The highest BCUT2D eigenvalue weighted by Gasteiger charge is 2.13. The molecule has 0 radical (unpaired) electrons.